The lowest BCUT2D eigenvalue weighted by Crippen LogP contribution is -2.51. The zero-order chi connectivity index (χ0) is 18.5. The molecule has 0 aromatic heterocycles. The highest BCUT2D eigenvalue weighted by atomic mass is 32.3. The Morgan fingerprint density at radius 1 is 1.17 bits per heavy atom. The summed E-state index contributed by atoms with van der Waals surface area (Å²) in [4.78, 5) is 0. The molecule has 8 nitrogen and oxygen atoms in total. The van der Waals surface area contributed by atoms with Gasteiger partial charge in [0.1, 0.15) is 0 Å². The van der Waals surface area contributed by atoms with E-state index in [1.807, 2.05) is 13.8 Å². The second-order valence-electron chi connectivity index (χ2n) is 6.15. The number of rotatable bonds is 11. The SMILES string of the molecule is CC[C@H](C)O[C@H](COS(=O)(=O)O)CN(C(C)(C)CC)S(C)(=O)=O. The predicted molar refractivity (Wildman–Crippen MR) is 88.0 cm³/mol. The Balaban J connectivity index is 5.35. The monoisotopic (exact) mass is 375 g/mol. The molecule has 1 N–H and O–H groups in total. The maximum atomic E-state index is 12.1. The summed E-state index contributed by atoms with van der Waals surface area (Å²) in [6, 6.07) is 0. The molecule has 0 aliphatic rings. The molecule has 0 aliphatic heterocycles. The second kappa shape index (κ2) is 8.72. The Morgan fingerprint density at radius 3 is 2.04 bits per heavy atom. The molecule has 0 saturated carbocycles. The average molecular weight is 376 g/mol. The lowest BCUT2D eigenvalue weighted by atomic mass is 10.0. The van der Waals surface area contributed by atoms with Crippen molar-refractivity contribution < 1.29 is 30.3 Å². The molecule has 0 bridgehead atoms. The first-order chi connectivity index (χ1) is 10.2. The summed E-state index contributed by atoms with van der Waals surface area (Å²) in [5.74, 6) is 0. The molecule has 0 fully saturated rings. The van der Waals surface area contributed by atoms with Gasteiger partial charge in [0.25, 0.3) is 0 Å². The van der Waals surface area contributed by atoms with Crippen LogP contribution >= 0.6 is 0 Å². The zero-order valence-corrected chi connectivity index (χ0v) is 16.3. The van der Waals surface area contributed by atoms with Gasteiger partial charge in [-0.15, -0.1) is 0 Å². The summed E-state index contributed by atoms with van der Waals surface area (Å²) in [6.45, 7) is 8.55. The first-order valence-corrected chi connectivity index (χ1v) is 10.7. The summed E-state index contributed by atoms with van der Waals surface area (Å²) >= 11 is 0. The molecular weight excluding hydrogens is 346 g/mol. The highest BCUT2D eigenvalue weighted by molar-refractivity contribution is 7.88. The van der Waals surface area contributed by atoms with E-state index in [0.29, 0.717) is 12.8 Å². The van der Waals surface area contributed by atoms with E-state index < -0.39 is 38.7 Å². The molecule has 0 saturated heterocycles. The minimum absolute atomic E-state index is 0.0699. The van der Waals surface area contributed by atoms with Gasteiger partial charge in [0.15, 0.2) is 0 Å². The van der Waals surface area contributed by atoms with Crippen LogP contribution in [0.25, 0.3) is 0 Å². The van der Waals surface area contributed by atoms with Crippen molar-refractivity contribution in [3.05, 3.63) is 0 Å². The number of hydrogen-bond donors (Lipinski definition) is 1. The molecule has 0 spiro atoms. The van der Waals surface area contributed by atoms with Crippen LogP contribution in [-0.4, -0.2) is 62.8 Å². The van der Waals surface area contributed by atoms with E-state index in [9.17, 15) is 16.8 Å². The Morgan fingerprint density at radius 2 is 1.70 bits per heavy atom. The summed E-state index contributed by atoms with van der Waals surface area (Å²) < 4.78 is 65.7. The van der Waals surface area contributed by atoms with Gasteiger partial charge in [-0.3, -0.25) is 4.55 Å². The summed E-state index contributed by atoms with van der Waals surface area (Å²) in [5, 5.41) is 0. The minimum Gasteiger partial charge on any atom is -0.371 e. The molecule has 10 heteroatoms. The minimum atomic E-state index is -4.62. The molecule has 0 amide bonds. The van der Waals surface area contributed by atoms with Gasteiger partial charge in [-0.2, -0.15) is 12.7 Å². The van der Waals surface area contributed by atoms with Gasteiger partial charge < -0.3 is 4.74 Å². The van der Waals surface area contributed by atoms with Crippen molar-refractivity contribution in [2.24, 2.45) is 0 Å². The number of ether oxygens (including phenoxy) is 1. The Kier molecular flexibility index (Phi) is 8.63. The number of sulfonamides is 1. The molecule has 0 radical (unpaired) electrons. The van der Waals surface area contributed by atoms with Gasteiger partial charge >= 0.3 is 10.4 Å². The molecule has 0 rings (SSSR count). The van der Waals surface area contributed by atoms with Crippen LogP contribution in [0, 0.1) is 0 Å². The Hall–Kier alpha value is -0.260. The highest BCUT2D eigenvalue weighted by Crippen LogP contribution is 2.23. The Labute approximate surface area is 140 Å². The van der Waals surface area contributed by atoms with Crippen molar-refractivity contribution in [1.82, 2.24) is 4.31 Å². The molecule has 0 heterocycles. The van der Waals surface area contributed by atoms with Gasteiger partial charge in [-0.1, -0.05) is 13.8 Å². The molecule has 0 aromatic rings. The maximum absolute atomic E-state index is 12.1. The van der Waals surface area contributed by atoms with E-state index in [-0.39, 0.29) is 12.6 Å². The summed E-state index contributed by atoms with van der Waals surface area (Å²) in [7, 11) is -8.16. The van der Waals surface area contributed by atoms with Crippen molar-refractivity contribution in [2.75, 3.05) is 19.4 Å². The standard InChI is InChI=1S/C13H29NO7S2/c1-7-11(3)21-12(10-20-23(17,18)19)9-14(22(6,15)16)13(4,5)8-2/h11-12H,7-10H2,1-6H3,(H,17,18,19)/t11-,12-/m0/s1. The molecule has 0 unspecified atom stereocenters. The first kappa shape index (κ1) is 22.7. The molecule has 23 heavy (non-hydrogen) atoms. The van der Waals surface area contributed by atoms with Gasteiger partial charge in [0.2, 0.25) is 10.0 Å². The van der Waals surface area contributed by atoms with Crippen LogP contribution in [0.15, 0.2) is 0 Å². The molecule has 0 aromatic carbocycles. The molecule has 2 atom stereocenters. The predicted octanol–water partition coefficient (Wildman–Crippen LogP) is 1.44. The fraction of sp³-hybridized carbons (Fsp3) is 1.00. The van der Waals surface area contributed by atoms with Crippen molar-refractivity contribution in [3.63, 3.8) is 0 Å². The van der Waals surface area contributed by atoms with Crippen LogP contribution in [0.3, 0.4) is 0 Å². The van der Waals surface area contributed by atoms with E-state index in [0.717, 1.165) is 6.26 Å². The normalized spacial score (nSPS) is 16.5. The van der Waals surface area contributed by atoms with Gasteiger partial charge in [-0.05, 0) is 33.6 Å². The third-order valence-corrected chi connectivity index (χ3v) is 5.59. The molecule has 140 valence electrons. The van der Waals surface area contributed by atoms with E-state index in [4.69, 9.17) is 9.29 Å². The highest BCUT2D eigenvalue weighted by Gasteiger charge is 2.35. The maximum Gasteiger partial charge on any atom is 0.397 e. The van der Waals surface area contributed by atoms with Crippen molar-refractivity contribution in [2.45, 2.75) is 65.2 Å². The largest absolute Gasteiger partial charge is 0.397 e. The first-order valence-electron chi connectivity index (χ1n) is 7.48. The van der Waals surface area contributed by atoms with Gasteiger partial charge in [0.05, 0.1) is 25.1 Å². The van der Waals surface area contributed by atoms with Gasteiger partial charge in [-0.25, -0.2) is 12.6 Å². The molecule has 0 aliphatic carbocycles. The topological polar surface area (TPSA) is 110 Å². The summed E-state index contributed by atoms with van der Waals surface area (Å²) in [6.07, 6.45) is 1.28. The van der Waals surface area contributed by atoms with E-state index >= 15 is 0 Å². The number of hydrogen-bond acceptors (Lipinski definition) is 6. The van der Waals surface area contributed by atoms with Gasteiger partial charge in [0, 0.05) is 12.1 Å². The quantitative estimate of drug-likeness (QED) is 0.544. The van der Waals surface area contributed by atoms with Crippen molar-refractivity contribution in [3.8, 4) is 0 Å². The van der Waals surface area contributed by atoms with E-state index in [1.165, 1.54) is 4.31 Å². The smallest absolute Gasteiger partial charge is 0.371 e. The van der Waals surface area contributed by atoms with Crippen LogP contribution < -0.4 is 0 Å². The van der Waals surface area contributed by atoms with Crippen LogP contribution in [0.5, 0.6) is 0 Å². The third-order valence-electron chi connectivity index (χ3n) is 3.71. The fourth-order valence-corrected chi connectivity index (χ4v) is 3.70. The van der Waals surface area contributed by atoms with Crippen molar-refractivity contribution >= 4 is 20.4 Å². The van der Waals surface area contributed by atoms with Crippen LogP contribution in [-0.2, 0) is 29.3 Å². The number of nitrogens with zero attached hydrogens (tertiary/aromatic N) is 1. The Bertz CT molecular complexity index is 557. The van der Waals surface area contributed by atoms with E-state index in [1.54, 1.807) is 20.8 Å². The van der Waals surface area contributed by atoms with Crippen LogP contribution in [0.2, 0.25) is 0 Å². The van der Waals surface area contributed by atoms with Crippen molar-refractivity contribution in [1.29, 1.82) is 0 Å². The average Bonchev–Trinajstić information content (AvgIpc) is 2.38. The molecular formula is C13H29NO7S2. The van der Waals surface area contributed by atoms with Crippen LogP contribution in [0.4, 0.5) is 0 Å². The fourth-order valence-electron chi connectivity index (χ4n) is 1.91. The lowest BCUT2D eigenvalue weighted by molar-refractivity contribution is -0.0418. The lowest BCUT2D eigenvalue weighted by Gasteiger charge is -2.38. The second-order valence-corrected chi connectivity index (χ2v) is 9.15. The van der Waals surface area contributed by atoms with E-state index in [2.05, 4.69) is 4.18 Å². The van der Waals surface area contributed by atoms with Crippen LogP contribution in [0.1, 0.15) is 47.5 Å². The zero-order valence-electron chi connectivity index (χ0n) is 14.6. The third kappa shape index (κ3) is 8.96. The summed E-state index contributed by atoms with van der Waals surface area (Å²) in [5.41, 5.74) is -0.664.